The molecule has 39 heavy (non-hydrogen) atoms. The molecule has 0 aliphatic carbocycles. The molecule has 0 unspecified atom stereocenters. The summed E-state index contributed by atoms with van der Waals surface area (Å²) in [4.78, 5) is 45.8. The summed E-state index contributed by atoms with van der Waals surface area (Å²) in [5.41, 5.74) is -0.154. The third-order valence-corrected chi connectivity index (χ3v) is 6.77. The number of ether oxygens (including phenoxy) is 1. The number of nitrogens with zero attached hydrogens (tertiary/aromatic N) is 4. The van der Waals surface area contributed by atoms with E-state index in [1.54, 1.807) is 66.2 Å². The maximum absolute atomic E-state index is 14.8. The van der Waals surface area contributed by atoms with Crippen LogP contribution in [0.3, 0.4) is 0 Å². The molecule has 9 nitrogen and oxygen atoms in total. The molecule has 2 aromatic carbocycles. The zero-order chi connectivity index (χ0) is 27.6. The highest BCUT2D eigenvalue weighted by molar-refractivity contribution is 5.95. The van der Waals surface area contributed by atoms with Crippen LogP contribution in [0.15, 0.2) is 71.7 Å². The summed E-state index contributed by atoms with van der Waals surface area (Å²) in [5.74, 6) is -0.921. The van der Waals surface area contributed by atoms with Crippen LogP contribution >= 0.6 is 0 Å². The minimum absolute atomic E-state index is 0.0418. The lowest BCUT2D eigenvalue weighted by molar-refractivity contribution is -0.147. The molecule has 0 saturated carbocycles. The van der Waals surface area contributed by atoms with Gasteiger partial charge in [-0.25, -0.2) is 14.5 Å². The van der Waals surface area contributed by atoms with Gasteiger partial charge in [0.25, 0.3) is 17.4 Å². The number of rotatable bonds is 6. The first-order valence-electron chi connectivity index (χ1n) is 12.7. The highest BCUT2D eigenvalue weighted by atomic mass is 19.1. The van der Waals surface area contributed by atoms with E-state index in [1.807, 2.05) is 12.1 Å². The van der Waals surface area contributed by atoms with Crippen LogP contribution in [0.25, 0.3) is 10.8 Å². The fourth-order valence-electron chi connectivity index (χ4n) is 4.72. The Morgan fingerprint density at radius 3 is 2.38 bits per heavy atom. The molecule has 2 aromatic heterocycles. The molecule has 200 valence electrons. The zero-order valence-corrected chi connectivity index (χ0v) is 21.7. The van der Waals surface area contributed by atoms with Gasteiger partial charge in [-0.05, 0) is 43.7 Å². The second kappa shape index (κ2) is 10.6. The van der Waals surface area contributed by atoms with Gasteiger partial charge in [-0.15, -0.1) is 0 Å². The maximum Gasteiger partial charge on any atom is 0.272 e. The van der Waals surface area contributed by atoms with Crippen molar-refractivity contribution in [3.63, 3.8) is 0 Å². The maximum atomic E-state index is 14.8. The zero-order valence-electron chi connectivity index (χ0n) is 21.7. The summed E-state index contributed by atoms with van der Waals surface area (Å²) in [7, 11) is 0. The number of carbonyl (C=O) groups excluding carboxylic acids is 2. The Balaban J connectivity index is 1.27. The van der Waals surface area contributed by atoms with Gasteiger partial charge in [-0.3, -0.25) is 14.4 Å². The monoisotopic (exact) mass is 529 g/mol. The SMILES string of the molecule is CC(C)(Oc1ccccn1)C(=O)N1CCN(C(=O)c2cc(Cc3n[nH]c(=O)c4ccccc34)ccc2F)CC1. The van der Waals surface area contributed by atoms with Gasteiger partial charge in [0.1, 0.15) is 5.82 Å². The van der Waals surface area contributed by atoms with E-state index in [0.29, 0.717) is 47.4 Å². The van der Waals surface area contributed by atoms with Gasteiger partial charge >= 0.3 is 0 Å². The van der Waals surface area contributed by atoms with Gasteiger partial charge in [-0.2, -0.15) is 5.10 Å². The minimum Gasteiger partial charge on any atom is -0.462 e. The van der Waals surface area contributed by atoms with Gasteiger partial charge in [0, 0.05) is 50.2 Å². The quantitative estimate of drug-likeness (QED) is 0.411. The van der Waals surface area contributed by atoms with Crippen LogP contribution < -0.4 is 10.3 Å². The van der Waals surface area contributed by atoms with E-state index >= 15 is 0 Å². The van der Waals surface area contributed by atoms with Crippen LogP contribution in [-0.4, -0.2) is 68.6 Å². The summed E-state index contributed by atoms with van der Waals surface area (Å²) in [5, 5.41) is 7.90. The van der Waals surface area contributed by atoms with Crippen molar-refractivity contribution in [2.75, 3.05) is 26.2 Å². The number of nitrogens with one attached hydrogen (secondary N) is 1. The number of H-pyrrole nitrogens is 1. The molecule has 1 aliphatic heterocycles. The largest absolute Gasteiger partial charge is 0.462 e. The highest BCUT2D eigenvalue weighted by Crippen LogP contribution is 2.22. The number of benzene rings is 2. The van der Waals surface area contributed by atoms with Crippen LogP contribution in [0, 0.1) is 5.82 Å². The van der Waals surface area contributed by atoms with Crippen molar-refractivity contribution in [2.24, 2.45) is 0 Å². The molecule has 0 radical (unpaired) electrons. The number of hydrogen-bond acceptors (Lipinski definition) is 6. The first-order chi connectivity index (χ1) is 18.7. The normalized spacial score (nSPS) is 13.9. The Morgan fingerprint density at radius 1 is 0.974 bits per heavy atom. The molecule has 1 saturated heterocycles. The average Bonchev–Trinajstić information content (AvgIpc) is 2.95. The fraction of sp³-hybridized carbons (Fsp3) is 0.276. The van der Waals surface area contributed by atoms with Crippen LogP contribution in [0.4, 0.5) is 4.39 Å². The minimum atomic E-state index is -1.14. The first kappa shape index (κ1) is 26.0. The second-order valence-corrected chi connectivity index (χ2v) is 9.90. The Kier molecular flexibility index (Phi) is 7.10. The van der Waals surface area contributed by atoms with E-state index < -0.39 is 17.3 Å². The van der Waals surface area contributed by atoms with Crippen molar-refractivity contribution >= 4 is 22.6 Å². The first-order valence-corrected chi connectivity index (χ1v) is 12.7. The Bertz CT molecular complexity index is 1580. The molecule has 2 amide bonds. The molecule has 5 rings (SSSR count). The van der Waals surface area contributed by atoms with E-state index in [9.17, 15) is 18.8 Å². The Hall–Kier alpha value is -4.60. The number of piperazine rings is 1. The predicted molar refractivity (Wildman–Crippen MR) is 143 cm³/mol. The van der Waals surface area contributed by atoms with Gasteiger partial charge in [0.15, 0.2) is 5.60 Å². The molecular weight excluding hydrogens is 501 g/mol. The molecular formula is C29H28FN5O4. The topological polar surface area (TPSA) is 108 Å². The van der Waals surface area contributed by atoms with Crippen molar-refractivity contribution in [3.8, 4) is 5.88 Å². The smallest absolute Gasteiger partial charge is 0.272 e. The number of halogens is 1. The van der Waals surface area contributed by atoms with Gasteiger partial charge < -0.3 is 14.5 Å². The van der Waals surface area contributed by atoms with Crippen molar-refractivity contribution in [2.45, 2.75) is 25.9 Å². The van der Waals surface area contributed by atoms with Crippen LogP contribution in [-0.2, 0) is 11.2 Å². The van der Waals surface area contributed by atoms with Crippen molar-refractivity contribution < 1.29 is 18.7 Å². The van der Waals surface area contributed by atoms with Crippen molar-refractivity contribution in [1.29, 1.82) is 0 Å². The standard InChI is InChI=1S/C29H28FN5O4/c1-29(2,39-25-9-5-6-12-31-25)28(38)35-15-13-34(14-16-35)27(37)22-17-19(10-11-23(22)30)18-24-20-7-3-4-8-21(20)26(36)33-32-24/h3-12,17H,13-16,18H2,1-2H3,(H,33,36). The molecule has 0 spiro atoms. The number of fused-ring (bicyclic) bond motifs is 1. The molecule has 3 heterocycles. The van der Waals surface area contributed by atoms with Crippen molar-refractivity contribution in [3.05, 3.63) is 99.9 Å². The number of hydrogen-bond donors (Lipinski definition) is 1. The predicted octanol–water partition coefficient (Wildman–Crippen LogP) is 3.19. The molecule has 0 atom stereocenters. The fourth-order valence-corrected chi connectivity index (χ4v) is 4.72. The van der Waals surface area contributed by atoms with Crippen LogP contribution in [0.2, 0.25) is 0 Å². The number of amides is 2. The van der Waals surface area contributed by atoms with Crippen LogP contribution in [0.1, 0.15) is 35.5 Å². The van der Waals surface area contributed by atoms with Gasteiger partial charge in [0.05, 0.1) is 16.6 Å². The summed E-state index contributed by atoms with van der Waals surface area (Å²) < 4.78 is 20.6. The lowest BCUT2D eigenvalue weighted by Crippen LogP contribution is -2.56. The number of pyridine rings is 1. The van der Waals surface area contributed by atoms with E-state index in [0.717, 1.165) is 0 Å². The van der Waals surface area contributed by atoms with E-state index in [2.05, 4.69) is 15.2 Å². The second-order valence-electron chi connectivity index (χ2n) is 9.90. The number of aromatic amines is 1. The summed E-state index contributed by atoms with van der Waals surface area (Å²) >= 11 is 0. The number of carbonyl (C=O) groups is 2. The summed E-state index contributed by atoms with van der Waals surface area (Å²) in [6, 6.07) is 16.8. The van der Waals surface area contributed by atoms with Crippen LogP contribution in [0.5, 0.6) is 5.88 Å². The molecule has 4 aromatic rings. The van der Waals surface area contributed by atoms with E-state index in [-0.39, 0.29) is 30.1 Å². The molecule has 1 fully saturated rings. The van der Waals surface area contributed by atoms with E-state index in [1.165, 1.54) is 12.1 Å². The molecule has 10 heteroatoms. The Labute approximate surface area is 224 Å². The third kappa shape index (κ3) is 5.50. The van der Waals surface area contributed by atoms with Gasteiger partial charge in [0.2, 0.25) is 5.88 Å². The molecule has 0 bridgehead atoms. The molecule has 1 aliphatic rings. The molecule has 1 N–H and O–H groups in total. The summed E-state index contributed by atoms with van der Waals surface area (Å²) in [6.45, 7) is 4.49. The summed E-state index contributed by atoms with van der Waals surface area (Å²) in [6.07, 6.45) is 1.90. The lowest BCUT2D eigenvalue weighted by atomic mass is 10.0. The third-order valence-electron chi connectivity index (χ3n) is 6.77. The Morgan fingerprint density at radius 2 is 1.67 bits per heavy atom. The van der Waals surface area contributed by atoms with E-state index in [4.69, 9.17) is 4.74 Å². The highest BCUT2D eigenvalue weighted by Gasteiger charge is 2.37. The number of aromatic nitrogens is 3. The lowest BCUT2D eigenvalue weighted by Gasteiger charge is -2.38. The average molecular weight is 530 g/mol. The van der Waals surface area contributed by atoms with Gasteiger partial charge in [-0.1, -0.05) is 30.3 Å². The van der Waals surface area contributed by atoms with Crippen molar-refractivity contribution in [1.82, 2.24) is 25.0 Å².